The first kappa shape index (κ1) is 8.83. The second-order valence-corrected chi connectivity index (χ2v) is 2.40. The molecular weight excluding hydrogens is 234 g/mol. The highest BCUT2D eigenvalue weighted by atomic mass is 79.9. The average molecular weight is 236 g/mol. The summed E-state index contributed by atoms with van der Waals surface area (Å²) in [6.45, 7) is 0. The van der Waals surface area contributed by atoms with Crippen LogP contribution in [-0.2, 0) is 0 Å². The number of rotatable bonds is 1. The predicted molar refractivity (Wildman–Crippen MR) is 42.7 cm³/mol. The third-order valence-corrected chi connectivity index (χ3v) is 2.19. The Morgan fingerprint density at radius 2 is 1.75 bits per heavy atom. The summed E-state index contributed by atoms with van der Waals surface area (Å²) in [6, 6.07) is 0. The largest absolute Gasteiger partial charge is 0.0913 e. The Morgan fingerprint density at radius 3 is 1.88 bits per heavy atom. The minimum Gasteiger partial charge on any atom is -0.0913 e. The lowest BCUT2D eigenvalue weighted by atomic mass is 10.6. The van der Waals surface area contributed by atoms with E-state index in [0.717, 1.165) is 0 Å². The zero-order valence-corrected chi connectivity index (χ0v) is 7.52. The molecule has 46 valence electrons. The van der Waals surface area contributed by atoms with E-state index in [1.807, 2.05) is 0 Å². The normalized spacial score (nSPS) is 14.5. The Balaban J connectivity index is 4.04. The number of allylic oxidation sites excluding steroid dienone is 2. The standard InChI is InChI=1S/C4H2BrCl3/c5-1-3(7)4(8)2-6/h1-2H. The molecule has 0 amide bonds. The zero-order chi connectivity index (χ0) is 6.57. The average Bonchev–Trinajstić information content (AvgIpc) is 1.84. The molecule has 0 aromatic heterocycles. The molecule has 0 heterocycles. The molecule has 0 fully saturated rings. The highest BCUT2D eigenvalue weighted by Gasteiger charge is 1.93. The van der Waals surface area contributed by atoms with E-state index in [-0.39, 0.29) is 0 Å². The maximum Gasteiger partial charge on any atom is 0.0710 e. The van der Waals surface area contributed by atoms with E-state index in [9.17, 15) is 0 Å². The van der Waals surface area contributed by atoms with Crippen LogP contribution in [0.15, 0.2) is 20.6 Å². The van der Waals surface area contributed by atoms with E-state index >= 15 is 0 Å². The maximum atomic E-state index is 5.45. The Morgan fingerprint density at radius 1 is 1.25 bits per heavy atom. The monoisotopic (exact) mass is 234 g/mol. The van der Waals surface area contributed by atoms with Crippen LogP contribution in [-0.4, -0.2) is 0 Å². The summed E-state index contributed by atoms with van der Waals surface area (Å²) in [5.41, 5.74) is 1.20. The molecule has 0 N–H and O–H groups in total. The number of halogens is 4. The van der Waals surface area contributed by atoms with Crippen molar-refractivity contribution in [1.29, 1.82) is 0 Å². The highest BCUT2D eigenvalue weighted by molar-refractivity contribution is 9.11. The van der Waals surface area contributed by atoms with Crippen molar-refractivity contribution in [3.63, 3.8) is 0 Å². The Kier molecular flexibility index (Phi) is 5.17. The van der Waals surface area contributed by atoms with Gasteiger partial charge in [0.25, 0.3) is 0 Å². The van der Waals surface area contributed by atoms with Crippen molar-refractivity contribution in [3.8, 4) is 0 Å². The molecular formula is C4H2BrCl3. The summed E-state index contributed by atoms with van der Waals surface area (Å²) >= 11 is 19.0. The van der Waals surface area contributed by atoms with Crippen molar-refractivity contribution in [2.24, 2.45) is 0 Å². The van der Waals surface area contributed by atoms with Crippen LogP contribution in [0.4, 0.5) is 0 Å². The fraction of sp³-hybridized carbons (Fsp3) is 0. The lowest BCUT2D eigenvalue weighted by Crippen LogP contribution is -1.64. The molecule has 0 spiro atoms. The molecule has 0 aromatic carbocycles. The molecule has 0 unspecified atom stereocenters. The summed E-state index contributed by atoms with van der Waals surface area (Å²) < 4.78 is 0. The van der Waals surface area contributed by atoms with E-state index in [1.165, 1.54) is 10.5 Å². The molecule has 0 rings (SSSR count). The molecule has 8 heavy (non-hydrogen) atoms. The van der Waals surface area contributed by atoms with Gasteiger partial charge in [-0.1, -0.05) is 50.7 Å². The molecule has 0 aliphatic heterocycles. The Bertz CT molecular complexity index is 111. The van der Waals surface area contributed by atoms with Crippen LogP contribution in [0.1, 0.15) is 0 Å². The van der Waals surface area contributed by atoms with Crippen LogP contribution in [0.3, 0.4) is 0 Å². The quantitative estimate of drug-likeness (QED) is 0.608. The van der Waals surface area contributed by atoms with E-state index in [0.29, 0.717) is 10.1 Å². The van der Waals surface area contributed by atoms with Gasteiger partial charge in [0, 0.05) is 10.5 Å². The summed E-state index contributed by atoms with van der Waals surface area (Å²) in [5, 5.41) is 0.715. The van der Waals surface area contributed by atoms with E-state index in [4.69, 9.17) is 34.8 Å². The van der Waals surface area contributed by atoms with Crippen molar-refractivity contribution in [3.05, 3.63) is 20.6 Å². The molecule has 0 atom stereocenters. The highest BCUT2D eigenvalue weighted by Crippen LogP contribution is 2.20. The van der Waals surface area contributed by atoms with Gasteiger partial charge in [-0.05, 0) is 0 Å². The van der Waals surface area contributed by atoms with Gasteiger partial charge in [0.05, 0.1) is 10.1 Å². The second-order valence-electron chi connectivity index (χ2n) is 0.914. The third-order valence-electron chi connectivity index (χ3n) is 0.420. The van der Waals surface area contributed by atoms with E-state index < -0.39 is 0 Å². The minimum atomic E-state index is 0.324. The molecule has 0 saturated heterocycles. The fourth-order valence-electron chi connectivity index (χ4n) is 0.104. The summed E-state index contributed by atoms with van der Waals surface area (Å²) in [5.74, 6) is 0. The first-order valence-corrected chi connectivity index (χ1v) is 3.75. The topological polar surface area (TPSA) is 0 Å². The van der Waals surface area contributed by atoms with Gasteiger partial charge >= 0.3 is 0 Å². The molecule has 0 aliphatic rings. The van der Waals surface area contributed by atoms with Gasteiger partial charge < -0.3 is 0 Å². The van der Waals surface area contributed by atoms with Crippen LogP contribution in [0.25, 0.3) is 0 Å². The molecule has 0 aliphatic carbocycles. The lowest BCUT2D eigenvalue weighted by Gasteiger charge is -1.87. The zero-order valence-electron chi connectivity index (χ0n) is 3.67. The van der Waals surface area contributed by atoms with Gasteiger partial charge in [-0.2, -0.15) is 0 Å². The van der Waals surface area contributed by atoms with Gasteiger partial charge in [0.1, 0.15) is 0 Å². The Hall–Kier alpha value is 0.830. The van der Waals surface area contributed by atoms with Crippen molar-refractivity contribution in [1.82, 2.24) is 0 Å². The van der Waals surface area contributed by atoms with Gasteiger partial charge in [-0.3, -0.25) is 0 Å². The number of hydrogen-bond donors (Lipinski definition) is 0. The van der Waals surface area contributed by atoms with Crippen LogP contribution in [0, 0.1) is 0 Å². The SMILES string of the molecule is ClC=C(Cl)C(Cl)=CBr. The third kappa shape index (κ3) is 2.98. The smallest absolute Gasteiger partial charge is 0.0710 e. The van der Waals surface area contributed by atoms with Crippen LogP contribution >= 0.6 is 50.7 Å². The fourth-order valence-corrected chi connectivity index (χ4v) is 0.765. The Labute approximate surface area is 71.2 Å². The maximum absolute atomic E-state index is 5.45. The van der Waals surface area contributed by atoms with Crippen LogP contribution < -0.4 is 0 Å². The molecule has 0 nitrogen and oxygen atoms in total. The van der Waals surface area contributed by atoms with Crippen molar-refractivity contribution < 1.29 is 0 Å². The van der Waals surface area contributed by atoms with Gasteiger partial charge in [0.2, 0.25) is 0 Å². The number of hydrogen-bond acceptors (Lipinski definition) is 0. The van der Waals surface area contributed by atoms with E-state index in [1.54, 1.807) is 0 Å². The predicted octanol–water partition coefficient (Wildman–Crippen LogP) is 3.78. The van der Waals surface area contributed by atoms with Crippen LogP contribution in [0.5, 0.6) is 0 Å². The first-order valence-electron chi connectivity index (χ1n) is 1.64. The molecule has 0 radical (unpaired) electrons. The molecule has 0 aromatic rings. The first-order chi connectivity index (χ1) is 3.72. The van der Waals surface area contributed by atoms with Gasteiger partial charge in [-0.25, -0.2) is 0 Å². The lowest BCUT2D eigenvalue weighted by molar-refractivity contribution is 1.91. The van der Waals surface area contributed by atoms with Gasteiger partial charge in [-0.15, -0.1) is 0 Å². The summed E-state index contributed by atoms with van der Waals surface area (Å²) in [6.07, 6.45) is 0. The van der Waals surface area contributed by atoms with Crippen LogP contribution in [0.2, 0.25) is 0 Å². The van der Waals surface area contributed by atoms with E-state index in [2.05, 4.69) is 15.9 Å². The second kappa shape index (κ2) is 4.68. The van der Waals surface area contributed by atoms with Crippen molar-refractivity contribution in [2.75, 3.05) is 0 Å². The summed E-state index contributed by atoms with van der Waals surface area (Å²) in [7, 11) is 0. The molecule has 0 saturated carbocycles. The molecule has 0 bridgehead atoms. The molecule has 4 heteroatoms. The summed E-state index contributed by atoms with van der Waals surface area (Å²) in [4.78, 5) is 1.48. The van der Waals surface area contributed by atoms with Crippen molar-refractivity contribution in [2.45, 2.75) is 0 Å². The van der Waals surface area contributed by atoms with Gasteiger partial charge in [0.15, 0.2) is 0 Å². The minimum absolute atomic E-state index is 0.324. The van der Waals surface area contributed by atoms with Crippen molar-refractivity contribution >= 4 is 50.7 Å².